The first kappa shape index (κ1) is 18.0. The lowest BCUT2D eigenvalue weighted by atomic mass is 9.75. The van der Waals surface area contributed by atoms with Gasteiger partial charge in [0.2, 0.25) is 5.91 Å². The van der Waals surface area contributed by atoms with Crippen LogP contribution in [-0.4, -0.2) is 23.1 Å². The van der Waals surface area contributed by atoms with E-state index in [9.17, 15) is 31.1 Å². The van der Waals surface area contributed by atoms with Crippen LogP contribution in [0, 0.1) is 0 Å². The molecule has 0 aliphatic heterocycles. The summed E-state index contributed by atoms with van der Waals surface area (Å²) in [5.74, 6) is -1.32. The molecule has 0 aliphatic rings. The van der Waals surface area contributed by atoms with Crippen molar-refractivity contribution in [3.63, 3.8) is 0 Å². The fraction of sp³-hybridized carbons (Fsp3) is 0.182. The van der Waals surface area contributed by atoms with Gasteiger partial charge in [0.05, 0.1) is 16.8 Å². The quantitative estimate of drug-likeness (QED) is 0.448. The molecule has 1 amide bonds. The van der Waals surface area contributed by atoms with Crippen molar-refractivity contribution in [3.8, 4) is 0 Å². The summed E-state index contributed by atoms with van der Waals surface area (Å²) in [6.07, 6.45) is -10.1. The maximum absolute atomic E-state index is 13.0. The van der Waals surface area contributed by atoms with Crippen molar-refractivity contribution in [2.24, 2.45) is 0 Å². The molecular formula is C11H8BF6NO3. The molecule has 0 heterocycles. The number of halogens is 6. The Hall–Kier alpha value is -2.01. The van der Waals surface area contributed by atoms with Crippen molar-refractivity contribution in [3.05, 3.63) is 35.9 Å². The van der Waals surface area contributed by atoms with Crippen LogP contribution in [0.4, 0.5) is 32.0 Å². The number of alkyl halides is 6. The Morgan fingerprint density at radius 3 is 2.05 bits per heavy atom. The van der Waals surface area contributed by atoms with Crippen LogP contribution in [-0.2, 0) is 17.1 Å². The number of nitrogens with one attached hydrogen (secondary N) is 1. The number of benzene rings is 1. The number of carbonyl (C=O) groups is 1. The van der Waals surface area contributed by atoms with Gasteiger partial charge < -0.3 is 15.4 Å². The molecule has 0 aliphatic carbocycles. The third-order valence-electron chi connectivity index (χ3n) is 2.54. The molecule has 0 aromatic heterocycles. The zero-order valence-electron chi connectivity index (χ0n) is 10.6. The highest BCUT2D eigenvalue weighted by molar-refractivity contribution is 6.59. The summed E-state index contributed by atoms with van der Waals surface area (Å²) >= 11 is 0. The third kappa shape index (κ3) is 3.80. The van der Waals surface area contributed by atoms with Crippen LogP contribution in [0.1, 0.15) is 11.1 Å². The van der Waals surface area contributed by atoms with Gasteiger partial charge in [0.15, 0.2) is 0 Å². The molecule has 4 nitrogen and oxygen atoms in total. The largest absolute Gasteiger partial charge is 0.489 e. The highest BCUT2D eigenvalue weighted by atomic mass is 19.4. The van der Waals surface area contributed by atoms with E-state index in [0.29, 0.717) is 6.08 Å². The van der Waals surface area contributed by atoms with Gasteiger partial charge in [0.1, 0.15) is 0 Å². The molecule has 1 aromatic carbocycles. The van der Waals surface area contributed by atoms with E-state index in [1.54, 1.807) is 0 Å². The summed E-state index contributed by atoms with van der Waals surface area (Å²) in [6, 6.07) is 0.489. The van der Waals surface area contributed by atoms with Gasteiger partial charge in [-0.2, -0.15) is 26.3 Å². The second kappa shape index (κ2) is 6.01. The predicted octanol–water partition coefficient (Wildman–Crippen LogP) is 1.53. The van der Waals surface area contributed by atoms with E-state index >= 15 is 0 Å². The highest BCUT2D eigenvalue weighted by Crippen LogP contribution is 2.41. The second-order valence-electron chi connectivity index (χ2n) is 4.01. The molecule has 0 bridgehead atoms. The number of amides is 1. The maximum atomic E-state index is 13.0. The Balaban J connectivity index is 3.78. The second-order valence-corrected chi connectivity index (χ2v) is 4.01. The molecule has 22 heavy (non-hydrogen) atoms. The minimum atomic E-state index is -5.37. The van der Waals surface area contributed by atoms with Crippen LogP contribution >= 0.6 is 0 Å². The molecule has 0 spiro atoms. The molecule has 0 saturated carbocycles. The zero-order chi connectivity index (χ0) is 17.3. The highest BCUT2D eigenvalue weighted by Gasteiger charge is 2.44. The molecular weight excluding hydrogens is 319 g/mol. The Labute approximate surface area is 120 Å². The summed E-state index contributed by atoms with van der Waals surface area (Å²) in [7, 11) is -2.68. The smallest absolute Gasteiger partial charge is 0.423 e. The zero-order valence-corrected chi connectivity index (χ0v) is 10.6. The Kier molecular flexibility index (Phi) is 4.93. The monoisotopic (exact) mass is 327 g/mol. The topological polar surface area (TPSA) is 69.6 Å². The minimum Gasteiger partial charge on any atom is -0.423 e. The van der Waals surface area contributed by atoms with Crippen LogP contribution in [0.3, 0.4) is 0 Å². The lowest BCUT2D eigenvalue weighted by Gasteiger charge is -2.21. The molecule has 0 unspecified atom stereocenters. The van der Waals surface area contributed by atoms with Crippen molar-refractivity contribution in [2.45, 2.75) is 12.4 Å². The molecule has 1 rings (SSSR count). The molecule has 3 N–H and O–H groups in total. The molecule has 0 saturated heterocycles. The van der Waals surface area contributed by atoms with Gasteiger partial charge in [0.25, 0.3) is 0 Å². The maximum Gasteiger partial charge on any atom is 0.489 e. The summed E-state index contributed by atoms with van der Waals surface area (Å²) in [5.41, 5.74) is -6.61. The lowest BCUT2D eigenvalue weighted by Crippen LogP contribution is -2.38. The van der Waals surface area contributed by atoms with Gasteiger partial charge >= 0.3 is 19.5 Å². The predicted molar refractivity (Wildman–Crippen MR) is 65.1 cm³/mol. The Morgan fingerprint density at radius 1 is 1.14 bits per heavy atom. The van der Waals surface area contributed by atoms with Gasteiger partial charge in [-0.3, -0.25) is 4.79 Å². The number of anilines is 1. The van der Waals surface area contributed by atoms with Crippen LogP contribution in [0.25, 0.3) is 0 Å². The Morgan fingerprint density at radius 2 is 1.68 bits per heavy atom. The first-order valence-electron chi connectivity index (χ1n) is 5.50. The van der Waals surface area contributed by atoms with E-state index < -0.39 is 47.7 Å². The van der Waals surface area contributed by atoms with Crippen molar-refractivity contribution < 1.29 is 41.2 Å². The Bertz CT molecular complexity index is 597. The lowest BCUT2D eigenvalue weighted by molar-refractivity contribution is -0.141. The molecule has 120 valence electrons. The first-order valence-corrected chi connectivity index (χ1v) is 5.50. The van der Waals surface area contributed by atoms with Gasteiger partial charge in [-0.1, -0.05) is 12.6 Å². The van der Waals surface area contributed by atoms with Crippen LogP contribution < -0.4 is 10.8 Å². The van der Waals surface area contributed by atoms with E-state index in [2.05, 4.69) is 6.58 Å². The standard InChI is InChI=1S/C11H8BF6NO3/c1-2-7(20)19-9-5(10(13,14)15)3-4-6(12(21)22)8(9)11(16,17)18/h2-4,21-22H,1H2,(H,19,20). The van der Waals surface area contributed by atoms with Gasteiger partial charge in [-0.25, -0.2) is 0 Å². The number of carbonyl (C=O) groups excluding carboxylic acids is 1. The number of rotatable bonds is 3. The van der Waals surface area contributed by atoms with Crippen LogP contribution in [0.15, 0.2) is 24.8 Å². The first-order chi connectivity index (χ1) is 9.89. The van der Waals surface area contributed by atoms with Crippen molar-refractivity contribution >= 4 is 24.2 Å². The minimum absolute atomic E-state index is 0.211. The summed E-state index contributed by atoms with van der Waals surface area (Å²) in [5, 5.41) is 19.3. The summed E-state index contributed by atoms with van der Waals surface area (Å²) in [4.78, 5) is 11.1. The average Bonchev–Trinajstić information content (AvgIpc) is 2.34. The normalized spacial score (nSPS) is 12.0. The van der Waals surface area contributed by atoms with Gasteiger partial charge in [0, 0.05) is 0 Å². The SMILES string of the molecule is C=CC(=O)Nc1c(C(F)(F)F)ccc(B(O)O)c1C(F)(F)F. The van der Waals surface area contributed by atoms with E-state index in [1.165, 1.54) is 5.32 Å². The molecule has 11 heteroatoms. The molecule has 0 fully saturated rings. The van der Waals surface area contributed by atoms with E-state index in [1.807, 2.05) is 0 Å². The van der Waals surface area contributed by atoms with E-state index in [0.717, 1.165) is 0 Å². The summed E-state index contributed by atoms with van der Waals surface area (Å²) in [6.45, 7) is 2.92. The number of hydrogen-bond acceptors (Lipinski definition) is 3. The van der Waals surface area contributed by atoms with E-state index in [4.69, 9.17) is 10.0 Å². The fourth-order valence-electron chi connectivity index (χ4n) is 1.68. The van der Waals surface area contributed by atoms with Crippen molar-refractivity contribution in [1.82, 2.24) is 0 Å². The molecule has 0 radical (unpaired) electrons. The fourth-order valence-corrected chi connectivity index (χ4v) is 1.68. The number of hydrogen-bond donors (Lipinski definition) is 3. The average molecular weight is 327 g/mol. The molecule has 1 aromatic rings. The van der Waals surface area contributed by atoms with E-state index in [-0.39, 0.29) is 12.1 Å². The van der Waals surface area contributed by atoms with Gasteiger partial charge in [-0.05, 0) is 17.6 Å². The van der Waals surface area contributed by atoms with Crippen molar-refractivity contribution in [2.75, 3.05) is 5.32 Å². The van der Waals surface area contributed by atoms with Crippen LogP contribution in [0.5, 0.6) is 0 Å². The third-order valence-corrected chi connectivity index (χ3v) is 2.54. The summed E-state index contributed by atoms with van der Waals surface area (Å²) < 4.78 is 77.6. The molecule has 0 atom stereocenters. The van der Waals surface area contributed by atoms with Crippen LogP contribution in [0.2, 0.25) is 0 Å². The van der Waals surface area contributed by atoms with Crippen molar-refractivity contribution in [1.29, 1.82) is 0 Å². The van der Waals surface area contributed by atoms with Gasteiger partial charge in [-0.15, -0.1) is 0 Å².